The number of rotatable bonds is 7. The fraction of sp³-hybridized carbons (Fsp3) is 0.286. The molecule has 0 aliphatic rings. The molecule has 1 rings (SSSR count). The quantitative estimate of drug-likeness (QED) is 0.591. The molecule has 0 aliphatic heterocycles. The molecule has 5 nitrogen and oxygen atoms in total. The van der Waals surface area contributed by atoms with E-state index in [2.05, 4.69) is 6.58 Å². The smallest absolute Gasteiger partial charge is 0.338 e. The number of hydrogen-bond donors (Lipinski definition) is 1. The van der Waals surface area contributed by atoms with Gasteiger partial charge in [-0.15, -0.1) is 0 Å². The third-order valence-corrected chi connectivity index (χ3v) is 2.23. The van der Waals surface area contributed by atoms with Gasteiger partial charge in [0.2, 0.25) is 0 Å². The van der Waals surface area contributed by atoms with Gasteiger partial charge in [-0.2, -0.15) is 5.26 Å². The second-order valence-electron chi connectivity index (χ2n) is 3.84. The maximum atomic E-state index is 11.6. The van der Waals surface area contributed by atoms with Crippen molar-refractivity contribution in [1.82, 2.24) is 0 Å². The minimum Gasteiger partial charge on any atom is -0.458 e. The minimum absolute atomic E-state index is 0.154. The van der Waals surface area contributed by atoms with Gasteiger partial charge in [-0.3, -0.25) is 0 Å². The molecule has 1 aromatic carbocycles. The van der Waals surface area contributed by atoms with Crippen LogP contribution in [0.1, 0.15) is 15.9 Å². The van der Waals surface area contributed by atoms with Crippen molar-refractivity contribution in [3.05, 3.63) is 48.0 Å². The number of benzene rings is 1. The van der Waals surface area contributed by atoms with Crippen LogP contribution in [0.4, 0.5) is 0 Å². The van der Waals surface area contributed by atoms with Crippen molar-refractivity contribution in [1.29, 1.82) is 5.26 Å². The molecule has 0 bridgehead atoms. The first-order chi connectivity index (χ1) is 9.17. The monoisotopic (exact) mass is 260 g/mol. The average Bonchev–Trinajstić information content (AvgIpc) is 2.44. The SMILES string of the molecule is C=CCOC(=O)c1cccc(COC[C@@H](N)C#N)c1. The van der Waals surface area contributed by atoms with Gasteiger partial charge in [0, 0.05) is 0 Å². The van der Waals surface area contributed by atoms with E-state index in [1.807, 2.05) is 12.1 Å². The third kappa shape index (κ3) is 5.34. The molecule has 2 N–H and O–H groups in total. The zero-order valence-electron chi connectivity index (χ0n) is 10.5. The Kier molecular flexibility index (Phi) is 6.30. The predicted octanol–water partition coefficient (Wildman–Crippen LogP) is 1.40. The number of ether oxygens (including phenoxy) is 2. The molecule has 0 fully saturated rings. The normalized spacial score (nSPS) is 11.4. The van der Waals surface area contributed by atoms with Gasteiger partial charge in [0.15, 0.2) is 0 Å². The molecule has 0 spiro atoms. The summed E-state index contributed by atoms with van der Waals surface area (Å²) in [4.78, 5) is 11.6. The Labute approximate surface area is 112 Å². The summed E-state index contributed by atoms with van der Waals surface area (Å²) in [7, 11) is 0. The van der Waals surface area contributed by atoms with Crippen LogP contribution in [0.2, 0.25) is 0 Å². The van der Waals surface area contributed by atoms with Crippen LogP contribution in [-0.4, -0.2) is 25.2 Å². The summed E-state index contributed by atoms with van der Waals surface area (Å²) in [5.41, 5.74) is 6.67. The van der Waals surface area contributed by atoms with Crippen molar-refractivity contribution in [2.45, 2.75) is 12.6 Å². The highest BCUT2D eigenvalue weighted by molar-refractivity contribution is 5.89. The molecule has 0 saturated heterocycles. The van der Waals surface area contributed by atoms with Gasteiger partial charge in [-0.25, -0.2) is 4.79 Å². The first kappa shape index (κ1) is 14.9. The molecule has 0 heterocycles. The zero-order chi connectivity index (χ0) is 14.1. The van der Waals surface area contributed by atoms with Gasteiger partial charge in [-0.05, 0) is 17.7 Å². The van der Waals surface area contributed by atoms with Crippen LogP contribution in [0.5, 0.6) is 0 Å². The maximum absolute atomic E-state index is 11.6. The summed E-state index contributed by atoms with van der Waals surface area (Å²) in [6.07, 6.45) is 1.51. The van der Waals surface area contributed by atoms with Crippen LogP contribution in [0.15, 0.2) is 36.9 Å². The number of hydrogen-bond acceptors (Lipinski definition) is 5. The number of esters is 1. The van der Waals surface area contributed by atoms with Crippen LogP contribution in [-0.2, 0) is 16.1 Å². The molecule has 0 amide bonds. The van der Waals surface area contributed by atoms with E-state index in [1.54, 1.807) is 18.2 Å². The van der Waals surface area contributed by atoms with Crippen LogP contribution < -0.4 is 5.73 Å². The highest BCUT2D eigenvalue weighted by atomic mass is 16.5. The number of carbonyl (C=O) groups excluding carboxylic acids is 1. The second kappa shape index (κ2) is 8.03. The highest BCUT2D eigenvalue weighted by Gasteiger charge is 2.07. The molecule has 100 valence electrons. The van der Waals surface area contributed by atoms with E-state index in [9.17, 15) is 4.79 Å². The van der Waals surface area contributed by atoms with Gasteiger partial charge in [0.05, 0.1) is 24.8 Å². The molecule has 19 heavy (non-hydrogen) atoms. The summed E-state index contributed by atoms with van der Waals surface area (Å²) in [6.45, 7) is 4.09. The van der Waals surface area contributed by atoms with Crippen molar-refractivity contribution >= 4 is 5.97 Å². The molecule has 0 aliphatic carbocycles. The minimum atomic E-state index is -0.638. The summed E-state index contributed by atoms with van der Waals surface area (Å²) < 4.78 is 10.2. The van der Waals surface area contributed by atoms with E-state index < -0.39 is 12.0 Å². The van der Waals surface area contributed by atoms with Gasteiger partial charge < -0.3 is 15.2 Å². The van der Waals surface area contributed by atoms with Gasteiger partial charge >= 0.3 is 5.97 Å². The lowest BCUT2D eigenvalue weighted by Gasteiger charge is -2.07. The average molecular weight is 260 g/mol. The highest BCUT2D eigenvalue weighted by Crippen LogP contribution is 2.08. The lowest BCUT2D eigenvalue weighted by atomic mass is 10.1. The largest absolute Gasteiger partial charge is 0.458 e. The molecule has 1 aromatic rings. The third-order valence-electron chi connectivity index (χ3n) is 2.23. The lowest BCUT2D eigenvalue weighted by molar-refractivity contribution is 0.0549. The Morgan fingerprint density at radius 1 is 1.58 bits per heavy atom. The molecular weight excluding hydrogens is 244 g/mol. The Morgan fingerprint density at radius 3 is 3.05 bits per heavy atom. The van der Waals surface area contributed by atoms with E-state index >= 15 is 0 Å². The van der Waals surface area contributed by atoms with Crippen LogP contribution in [0.3, 0.4) is 0 Å². The van der Waals surface area contributed by atoms with Crippen LogP contribution in [0, 0.1) is 11.3 Å². The van der Waals surface area contributed by atoms with Crippen molar-refractivity contribution in [2.75, 3.05) is 13.2 Å². The molecule has 0 aromatic heterocycles. The standard InChI is InChI=1S/C14H16N2O3/c1-2-6-19-14(17)12-5-3-4-11(7-12)9-18-10-13(16)8-15/h2-5,7,13H,1,6,9-10,16H2/t13-/m0/s1. The molecule has 0 radical (unpaired) electrons. The lowest BCUT2D eigenvalue weighted by Crippen LogP contribution is -2.23. The molecular formula is C14H16N2O3. The fourth-order valence-electron chi connectivity index (χ4n) is 1.35. The van der Waals surface area contributed by atoms with E-state index in [1.165, 1.54) is 6.08 Å². The van der Waals surface area contributed by atoms with E-state index in [0.717, 1.165) is 5.56 Å². The first-order valence-corrected chi connectivity index (χ1v) is 5.77. The van der Waals surface area contributed by atoms with Gasteiger partial charge in [0.25, 0.3) is 0 Å². The molecule has 1 atom stereocenters. The summed E-state index contributed by atoms with van der Waals surface area (Å²) in [6, 6.07) is 8.15. The van der Waals surface area contributed by atoms with Crippen LogP contribution >= 0.6 is 0 Å². The zero-order valence-corrected chi connectivity index (χ0v) is 10.5. The Balaban J connectivity index is 2.54. The van der Waals surface area contributed by atoms with E-state index in [4.69, 9.17) is 20.5 Å². The van der Waals surface area contributed by atoms with Crippen molar-refractivity contribution < 1.29 is 14.3 Å². The van der Waals surface area contributed by atoms with Crippen molar-refractivity contribution in [3.8, 4) is 6.07 Å². The van der Waals surface area contributed by atoms with Crippen LogP contribution in [0.25, 0.3) is 0 Å². The van der Waals surface area contributed by atoms with Crippen molar-refractivity contribution in [3.63, 3.8) is 0 Å². The number of nitrogens with zero attached hydrogens (tertiary/aromatic N) is 1. The molecule has 5 heteroatoms. The maximum Gasteiger partial charge on any atom is 0.338 e. The van der Waals surface area contributed by atoms with Crippen molar-refractivity contribution in [2.24, 2.45) is 5.73 Å². The topological polar surface area (TPSA) is 85.3 Å². The molecule has 0 saturated carbocycles. The number of nitriles is 1. The predicted molar refractivity (Wildman–Crippen MR) is 70.2 cm³/mol. The second-order valence-corrected chi connectivity index (χ2v) is 3.84. The van der Waals surface area contributed by atoms with Gasteiger partial charge in [-0.1, -0.05) is 24.8 Å². The number of nitrogens with two attached hydrogens (primary N) is 1. The van der Waals surface area contributed by atoms with E-state index in [-0.39, 0.29) is 19.8 Å². The number of carbonyl (C=O) groups is 1. The fourth-order valence-corrected chi connectivity index (χ4v) is 1.35. The first-order valence-electron chi connectivity index (χ1n) is 5.77. The Bertz CT molecular complexity index is 480. The van der Waals surface area contributed by atoms with E-state index in [0.29, 0.717) is 5.56 Å². The summed E-state index contributed by atoms with van der Waals surface area (Å²) in [5.74, 6) is -0.407. The summed E-state index contributed by atoms with van der Waals surface area (Å²) >= 11 is 0. The summed E-state index contributed by atoms with van der Waals surface area (Å²) in [5, 5.41) is 8.51. The Morgan fingerprint density at radius 2 is 2.37 bits per heavy atom. The van der Waals surface area contributed by atoms with Gasteiger partial charge in [0.1, 0.15) is 12.6 Å². The Hall–Kier alpha value is -2.16. The molecule has 0 unspecified atom stereocenters.